The number of hydrogen-bond donors (Lipinski definition) is 0. The first-order valence-corrected chi connectivity index (χ1v) is 7.72. The number of hydrogen-bond acceptors (Lipinski definition) is 1. The van der Waals surface area contributed by atoms with Crippen LogP contribution in [0.5, 0.6) is 5.75 Å². The summed E-state index contributed by atoms with van der Waals surface area (Å²) in [5.41, 5.74) is 6.24. The van der Waals surface area contributed by atoms with Gasteiger partial charge in [0.05, 0.1) is 7.11 Å². The summed E-state index contributed by atoms with van der Waals surface area (Å²) in [4.78, 5) is 0. The molecule has 0 aliphatic heterocycles. The van der Waals surface area contributed by atoms with Crippen LogP contribution in [-0.2, 0) is 0 Å². The highest BCUT2D eigenvalue weighted by Gasteiger charge is 2.16. The van der Waals surface area contributed by atoms with Crippen LogP contribution in [-0.4, -0.2) is 7.11 Å². The van der Waals surface area contributed by atoms with Crippen molar-refractivity contribution in [1.82, 2.24) is 0 Å². The maximum Gasteiger partial charge on any atom is 0.118 e. The van der Waals surface area contributed by atoms with Gasteiger partial charge in [-0.3, -0.25) is 0 Å². The van der Waals surface area contributed by atoms with Gasteiger partial charge in [-0.25, -0.2) is 0 Å². The lowest BCUT2D eigenvalue weighted by molar-refractivity contribution is 0.415. The van der Waals surface area contributed by atoms with E-state index < -0.39 is 0 Å². The first kappa shape index (κ1) is 14.9. The Bertz CT molecular complexity index is 721. The van der Waals surface area contributed by atoms with Crippen LogP contribution in [0.3, 0.4) is 0 Å². The normalized spacial score (nSPS) is 14.8. The summed E-state index contributed by atoms with van der Waals surface area (Å²) in [7, 11) is 1.69. The molecular formula is C20H18ClO. The van der Waals surface area contributed by atoms with Crippen LogP contribution in [0.15, 0.2) is 60.2 Å². The molecule has 0 amide bonds. The summed E-state index contributed by atoms with van der Waals surface area (Å²) in [6.45, 7) is 2.17. The second kappa shape index (κ2) is 6.41. The standard InChI is InChI=1S/C20H18ClO/c1-14-4-3-5-19(15-8-12-18(22-2)13-9-15)20(14)16-6-10-17(21)11-7-16/h4-13H,3H2,1-2H3. The number of halogens is 1. The summed E-state index contributed by atoms with van der Waals surface area (Å²) in [6, 6.07) is 16.3. The fourth-order valence-corrected chi connectivity index (χ4v) is 2.93. The third-order valence-electron chi connectivity index (χ3n) is 3.94. The lowest BCUT2D eigenvalue weighted by Gasteiger charge is -2.21. The van der Waals surface area contributed by atoms with E-state index in [0.717, 1.165) is 17.2 Å². The average molecular weight is 310 g/mol. The SMILES string of the molecule is COc1ccc(C2=C(c3ccc(Cl)cc3)C(C)=CC[CH]2)cc1. The molecule has 111 valence electrons. The van der Waals surface area contributed by atoms with Gasteiger partial charge < -0.3 is 4.74 Å². The molecule has 2 heteroatoms. The molecule has 1 radical (unpaired) electrons. The van der Waals surface area contributed by atoms with Crippen LogP contribution in [0, 0.1) is 6.42 Å². The summed E-state index contributed by atoms with van der Waals surface area (Å²) in [5, 5.41) is 0.761. The van der Waals surface area contributed by atoms with Gasteiger partial charge in [0.1, 0.15) is 5.75 Å². The summed E-state index contributed by atoms with van der Waals surface area (Å²) in [5.74, 6) is 0.875. The van der Waals surface area contributed by atoms with Crippen LogP contribution in [0.2, 0.25) is 5.02 Å². The molecule has 0 aromatic heterocycles. The maximum absolute atomic E-state index is 6.02. The number of methoxy groups -OCH3 is 1. The highest BCUT2D eigenvalue weighted by molar-refractivity contribution is 6.30. The lowest BCUT2D eigenvalue weighted by Crippen LogP contribution is -2.00. The topological polar surface area (TPSA) is 9.23 Å². The maximum atomic E-state index is 6.02. The van der Waals surface area contributed by atoms with Gasteiger partial charge >= 0.3 is 0 Å². The number of allylic oxidation sites excluding steroid dienone is 4. The predicted molar refractivity (Wildman–Crippen MR) is 93.9 cm³/mol. The van der Waals surface area contributed by atoms with Crippen molar-refractivity contribution in [1.29, 1.82) is 0 Å². The van der Waals surface area contributed by atoms with Crippen molar-refractivity contribution in [3.8, 4) is 5.75 Å². The largest absolute Gasteiger partial charge is 0.497 e. The van der Waals surface area contributed by atoms with Gasteiger partial charge in [0.2, 0.25) is 0 Å². The Hall–Kier alpha value is -1.99. The molecule has 22 heavy (non-hydrogen) atoms. The van der Waals surface area contributed by atoms with Crippen LogP contribution in [0.1, 0.15) is 24.5 Å². The molecule has 0 N–H and O–H groups in total. The third kappa shape index (κ3) is 2.95. The van der Waals surface area contributed by atoms with E-state index in [4.69, 9.17) is 16.3 Å². The quantitative estimate of drug-likeness (QED) is 0.694. The summed E-state index contributed by atoms with van der Waals surface area (Å²) in [6.07, 6.45) is 5.50. The van der Waals surface area contributed by atoms with Crippen LogP contribution >= 0.6 is 11.6 Å². The molecule has 2 aromatic rings. The smallest absolute Gasteiger partial charge is 0.118 e. The molecule has 0 atom stereocenters. The fourth-order valence-electron chi connectivity index (χ4n) is 2.80. The molecule has 2 aromatic carbocycles. The molecule has 0 spiro atoms. The van der Waals surface area contributed by atoms with E-state index >= 15 is 0 Å². The number of rotatable bonds is 3. The first-order valence-electron chi connectivity index (χ1n) is 7.34. The summed E-state index contributed by atoms with van der Waals surface area (Å²) < 4.78 is 5.25. The highest BCUT2D eigenvalue weighted by atomic mass is 35.5. The van der Waals surface area contributed by atoms with Crippen LogP contribution in [0.25, 0.3) is 11.1 Å². The third-order valence-corrected chi connectivity index (χ3v) is 4.20. The predicted octanol–water partition coefficient (Wildman–Crippen LogP) is 5.81. The first-order chi connectivity index (χ1) is 10.7. The molecule has 0 unspecified atom stereocenters. The van der Waals surface area contributed by atoms with Gasteiger partial charge in [0, 0.05) is 5.02 Å². The lowest BCUT2D eigenvalue weighted by atomic mass is 9.84. The zero-order valence-corrected chi connectivity index (χ0v) is 13.5. The summed E-state index contributed by atoms with van der Waals surface area (Å²) >= 11 is 6.02. The van der Waals surface area contributed by atoms with Gasteiger partial charge in [-0.2, -0.15) is 0 Å². The van der Waals surface area contributed by atoms with Gasteiger partial charge in [-0.15, -0.1) is 0 Å². The average Bonchev–Trinajstić information content (AvgIpc) is 2.56. The van der Waals surface area contributed by atoms with Crippen molar-refractivity contribution in [2.45, 2.75) is 13.3 Å². The monoisotopic (exact) mass is 309 g/mol. The van der Waals surface area contributed by atoms with E-state index in [1.807, 2.05) is 24.3 Å². The molecule has 0 heterocycles. The highest BCUT2D eigenvalue weighted by Crippen LogP contribution is 2.38. The minimum atomic E-state index is 0.761. The number of benzene rings is 2. The van der Waals surface area contributed by atoms with E-state index in [1.165, 1.54) is 27.8 Å². The van der Waals surface area contributed by atoms with Crippen molar-refractivity contribution in [2.24, 2.45) is 0 Å². The van der Waals surface area contributed by atoms with Crippen molar-refractivity contribution >= 4 is 22.7 Å². The van der Waals surface area contributed by atoms with Crippen LogP contribution < -0.4 is 4.74 Å². The van der Waals surface area contributed by atoms with Gasteiger partial charge in [0.25, 0.3) is 0 Å². The van der Waals surface area contributed by atoms with E-state index in [-0.39, 0.29) is 0 Å². The Morgan fingerprint density at radius 2 is 1.55 bits per heavy atom. The van der Waals surface area contributed by atoms with Crippen molar-refractivity contribution in [3.63, 3.8) is 0 Å². The molecule has 0 saturated heterocycles. The molecule has 3 rings (SSSR count). The minimum Gasteiger partial charge on any atom is -0.497 e. The van der Waals surface area contributed by atoms with Crippen molar-refractivity contribution in [2.75, 3.05) is 7.11 Å². The van der Waals surface area contributed by atoms with Crippen LogP contribution in [0.4, 0.5) is 0 Å². The van der Waals surface area contributed by atoms with E-state index in [0.29, 0.717) is 0 Å². The molecule has 1 aliphatic carbocycles. The molecule has 0 bridgehead atoms. The molecular weight excluding hydrogens is 292 g/mol. The van der Waals surface area contributed by atoms with E-state index in [2.05, 4.69) is 43.7 Å². The fraction of sp³-hybridized carbons (Fsp3) is 0.150. The van der Waals surface area contributed by atoms with E-state index in [1.54, 1.807) is 7.11 Å². The zero-order valence-electron chi connectivity index (χ0n) is 12.8. The van der Waals surface area contributed by atoms with Gasteiger partial charge in [0.15, 0.2) is 0 Å². The Balaban J connectivity index is 2.11. The van der Waals surface area contributed by atoms with Gasteiger partial charge in [-0.05, 0) is 71.9 Å². The Morgan fingerprint density at radius 3 is 2.18 bits per heavy atom. The second-order valence-electron chi connectivity index (χ2n) is 5.35. The zero-order chi connectivity index (χ0) is 15.5. The number of ether oxygens (including phenoxy) is 1. The Kier molecular flexibility index (Phi) is 4.35. The Labute approximate surface area is 136 Å². The molecule has 1 nitrogen and oxygen atoms in total. The van der Waals surface area contributed by atoms with Crippen molar-refractivity contribution in [3.05, 3.63) is 82.8 Å². The van der Waals surface area contributed by atoms with Crippen molar-refractivity contribution < 1.29 is 4.74 Å². The second-order valence-corrected chi connectivity index (χ2v) is 5.79. The Morgan fingerprint density at radius 1 is 0.909 bits per heavy atom. The molecule has 1 aliphatic rings. The molecule has 0 saturated carbocycles. The molecule has 0 fully saturated rings. The van der Waals surface area contributed by atoms with E-state index in [9.17, 15) is 0 Å². The van der Waals surface area contributed by atoms with Gasteiger partial charge in [-0.1, -0.05) is 41.9 Å². The minimum absolute atomic E-state index is 0.761.